The standard InChI is InChI=1S/C19H30O3/c1-3-4-5-6-7-8-9-10-11-12-13-16-14-17(20)15-18(22-2)19(16)21/h8-9,14-15,20-21H,3-7,10-13H2,1-2H3/b9-8-. The smallest absolute Gasteiger partial charge is 0.164 e. The Kier molecular flexibility index (Phi) is 9.20. The molecule has 0 heterocycles. The molecule has 124 valence electrons. The minimum atomic E-state index is 0.136. The summed E-state index contributed by atoms with van der Waals surface area (Å²) in [5.41, 5.74) is 0.750. The molecule has 0 aliphatic carbocycles. The lowest BCUT2D eigenvalue weighted by Crippen LogP contribution is -1.91. The Hall–Kier alpha value is -1.64. The van der Waals surface area contributed by atoms with Crippen LogP contribution in [0, 0.1) is 0 Å². The molecule has 0 spiro atoms. The summed E-state index contributed by atoms with van der Waals surface area (Å²) in [6, 6.07) is 3.04. The lowest BCUT2D eigenvalue weighted by Gasteiger charge is -2.09. The van der Waals surface area contributed by atoms with E-state index in [2.05, 4.69) is 19.1 Å². The van der Waals surface area contributed by atoms with Gasteiger partial charge in [-0.15, -0.1) is 0 Å². The highest BCUT2D eigenvalue weighted by Gasteiger charge is 2.09. The number of phenolic OH excluding ortho intramolecular Hbond substituents is 2. The number of aryl methyl sites for hydroxylation is 1. The first-order chi connectivity index (χ1) is 10.7. The van der Waals surface area contributed by atoms with Crippen LogP contribution in [0.1, 0.15) is 63.9 Å². The van der Waals surface area contributed by atoms with E-state index >= 15 is 0 Å². The maximum absolute atomic E-state index is 10.0. The number of methoxy groups -OCH3 is 1. The monoisotopic (exact) mass is 306 g/mol. The molecule has 0 aliphatic rings. The van der Waals surface area contributed by atoms with Crippen molar-refractivity contribution in [3.05, 3.63) is 29.8 Å². The Labute approximate surface area is 134 Å². The van der Waals surface area contributed by atoms with Gasteiger partial charge in [-0.25, -0.2) is 0 Å². The fourth-order valence-corrected chi connectivity index (χ4v) is 2.50. The Balaban J connectivity index is 2.22. The van der Waals surface area contributed by atoms with Gasteiger partial charge in [0, 0.05) is 11.6 Å². The molecule has 0 unspecified atom stereocenters. The van der Waals surface area contributed by atoms with E-state index < -0.39 is 0 Å². The van der Waals surface area contributed by atoms with Gasteiger partial charge >= 0.3 is 0 Å². The van der Waals surface area contributed by atoms with Crippen molar-refractivity contribution in [2.45, 2.75) is 64.7 Å². The van der Waals surface area contributed by atoms with Crippen LogP contribution in [0.4, 0.5) is 0 Å². The van der Waals surface area contributed by atoms with E-state index in [0.717, 1.165) is 31.2 Å². The van der Waals surface area contributed by atoms with Crippen LogP contribution in [-0.2, 0) is 6.42 Å². The average Bonchev–Trinajstić information content (AvgIpc) is 2.52. The van der Waals surface area contributed by atoms with Gasteiger partial charge in [-0.05, 0) is 44.6 Å². The average molecular weight is 306 g/mol. The van der Waals surface area contributed by atoms with Gasteiger partial charge in [0.2, 0.25) is 0 Å². The van der Waals surface area contributed by atoms with Crippen LogP contribution < -0.4 is 4.74 Å². The second-order valence-corrected chi connectivity index (χ2v) is 5.72. The number of unbranched alkanes of at least 4 members (excludes halogenated alkanes) is 6. The summed E-state index contributed by atoms with van der Waals surface area (Å²) < 4.78 is 5.04. The molecular formula is C19H30O3. The molecule has 1 aromatic carbocycles. The maximum atomic E-state index is 10.0. The minimum Gasteiger partial charge on any atom is -0.508 e. The van der Waals surface area contributed by atoms with Gasteiger partial charge in [-0.2, -0.15) is 0 Å². The van der Waals surface area contributed by atoms with Crippen LogP contribution in [0.15, 0.2) is 24.3 Å². The summed E-state index contributed by atoms with van der Waals surface area (Å²) >= 11 is 0. The second kappa shape index (κ2) is 11.0. The number of hydrogen-bond acceptors (Lipinski definition) is 3. The van der Waals surface area contributed by atoms with Crippen molar-refractivity contribution >= 4 is 0 Å². The predicted molar refractivity (Wildman–Crippen MR) is 91.8 cm³/mol. The predicted octanol–water partition coefficient (Wildman–Crippen LogP) is 5.35. The zero-order valence-electron chi connectivity index (χ0n) is 14.0. The molecule has 0 aromatic heterocycles. The number of hydrogen-bond donors (Lipinski definition) is 2. The first-order valence-corrected chi connectivity index (χ1v) is 8.42. The summed E-state index contributed by atoms with van der Waals surface area (Å²) in [6.07, 6.45) is 14.9. The van der Waals surface area contributed by atoms with E-state index in [4.69, 9.17) is 4.74 Å². The molecule has 2 N–H and O–H groups in total. The van der Waals surface area contributed by atoms with Gasteiger partial charge in [0.15, 0.2) is 11.5 Å². The second-order valence-electron chi connectivity index (χ2n) is 5.72. The van der Waals surface area contributed by atoms with E-state index in [-0.39, 0.29) is 11.5 Å². The number of aromatic hydroxyl groups is 2. The van der Waals surface area contributed by atoms with Crippen molar-refractivity contribution in [2.75, 3.05) is 7.11 Å². The molecule has 0 fully saturated rings. The van der Waals surface area contributed by atoms with Gasteiger partial charge in [0.05, 0.1) is 7.11 Å². The molecule has 22 heavy (non-hydrogen) atoms. The van der Waals surface area contributed by atoms with E-state index in [1.165, 1.54) is 45.3 Å². The van der Waals surface area contributed by atoms with Crippen molar-refractivity contribution < 1.29 is 14.9 Å². The molecule has 0 saturated carbocycles. The topological polar surface area (TPSA) is 49.7 Å². The van der Waals surface area contributed by atoms with Crippen molar-refractivity contribution in [2.24, 2.45) is 0 Å². The molecule has 0 amide bonds. The summed E-state index contributed by atoms with van der Waals surface area (Å²) in [4.78, 5) is 0. The summed E-state index contributed by atoms with van der Waals surface area (Å²) in [5.74, 6) is 0.616. The third kappa shape index (κ3) is 6.88. The first kappa shape index (κ1) is 18.4. The van der Waals surface area contributed by atoms with Crippen LogP contribution in [0.5, 0.6) is 17.2 Å². The Morgan fingerprint density at radius 3 is 2.27 bits per heavy atom. The van der Waals surface area contributed by atoms with Crippen LogP contribution in [0.3, 0.4) is 0 Å². The highest BCUT2D eigenvalue weighted by atomic mass is 16.5. The van der Waals surface area contributed by atoms with E-state index in [0.29, 0.717) is 5.75 Å². The van der Waals surface area contributed by atoms with Crippen molar-refractivity contribution in [3.8, 4) is 17.2 Å². The highest BCUT2D eigenvalue weighted by Crippen LogP contribution is 2.34. The van der Waals surface area contributed by atoms with E-state index in [1.54, 1.807) is 6.07 Å². The van der Waals surface area contributed by atoms with Crippen LogP contribution in [0.25, 0.3) is 0 Å². The maximum Gasteiger partial charge on any atom is 0.164 e. The minimum absolute atomic E-state index is 0.136. The Bertz CT molecular complexity index is 452. The highest BCUT2D eigenvalue weighted by molar-refractivity contribution is 5.50. The van der Waals surface area contributed by atoms with E-state index in [1.807, 2.05) is 0 Å². The number of benzene rings is 1. The number of ether oxygens (including phenoxy) is 1. The van der Waals surface area contributed by atoms with Gasteiger partial charge in [0.25, 0.3) is 0 Å². The van der Waals surface area contributed by atoms with Crippen molar-refractivity contribution in [1.82, 2.24) is 0 Å². The van der Waals surface area contributed by atoms with E-state index in [9.17, 15) is 10.2 Å². The Morgan fingerprint density at radius 1 is 0.955 bits per heavy atom. The number of rotatable bonds is 11. The number of allylic oxidation sites excluding steroid dienone is 2. The van der Waals surface area contributed by atoms with Crippen LogP contribution >= 0.6 is 0 Å². The molecule has 1 rings (SSSR count). The molecule has 3 heteroatoms. The molecule has 0 radical (unpaired) electrons. The normalized spacial score (nSPS) is 11.2. The van der Waals surface area contributed by atoms with Gasteiger partial charge in [-0.3, -0.25) is 0 Å². The molecule has 1 aromatic rings. The van der Waals surface area contributed by atoms with Crippen molar-refractivity contribution in [1.29, 1.82) is 0 Å². The quantitative estimate of drug-likeness (QED) is 0.329. The lowest BCUT2D eigenvalue weighted by molar-refractivity contribution is 0.365. The largest absolute Gasteiger partial charge is 0.508 e. The molecular weight excluding hydrogens is 276 g/mol. The fraction of sp³-hybridized carbons (Fsp3) is 0.579. The first-order valence-electron chi connectivity index (χ1n) is 8.42. The molecule has 0 bridgehead atoms. The van der Waals surface area contributed by atoms with Gasteiger partial charge in [0.1, 0.15) is 5.75 Å². The molecule has 0 atom stereocenters. The Morgan fingerprint density at radius 2 is 1.64 bits per heavy atom. The van der Waals surface area contributed by atoms with Gasteiger partial charge in [-0.1, -0.05) is 38.3 Å². The van der Waals surface area contributed by atoms with Crippen LogP contribution in [-0.4, -0.2) is 17.3 Å². The zero-order chi connectivity index (χ0) is 16.2. The summed E-state index contributed by atoms with van der Waals surface area (Å²) in [5, 5.41) is 19.6. The van der Waals surface area contributed by atoms with Crippen LogP contribution in [0.2, 0.25) is 0 Å². The third-order valence-electron chi connectivity index (χ3n) is 3.82. The third-order valence-corrected chi connectivity index (χ3v) is 3.82. The lowest BCUT2D eigenvalue weighted by atomic mass is 10.0. The van der Waals surface area contributed by atoms with Gasteiger partial charge < -0.3 is 14.9 Å². The zero-order valence-corrected chi connectivity index (χ0v) is 14.0. The molecule has 0 aliphatic heterocycles. The SMILES string of the molecule is CCCCCC/C=C\CCCCc1cc(O)cc(OC)c1O. The summed E-state index contributed by atoms with van der Waals surface area (Å²) in [7, 11) is 1.49. The summed E-state index contributed by atoms with van der Waals surface area (Å²) in [6.45, 7) is 2.23. The van der Waals surface area contributed by atoms with Crippen molar-refractivity contribution in [3.63, 3.8) is 0 Å². The fourth-order valence-electron chi connectivity index (χ4n) is 2.50. The molecule has 0 saturated heterocycles. The number of phenols is 2. The molecule has 3 nitrogen and oxygen atoms in total.